The number of benzene rings is 2. The van der Waals surface area contributed by atoms with E-state index in [0.717, 1.165) is 0 Å². The van der Waals surface area contributed by atoms with E-state index in [1.54, 1.807) is 66.7 Å². The van der Waals surface area contributed by atoms with E-state index in [-0.39, 0.29) is 6.42 Å². The van der Waals surface area contributed by atoms with Gasteiger partial charge in [0.15, 0.2) is 0 Å². The lowest BCUT2D eigenvalue weighted by Gasteiger charge is -2.44. The molecule has 192 valence electrons. The Kier molecular flexibility index (Phi) is 7.54. The van der Waals surface area contributed by atoms with Crippen molar-refractivity contribution >= 4 is 29.0 Å². The van der Waals surface area contributed by atoms with Crippen molar-refractivity contribution in [2.75, 3.05) is 24.9 Å². The van der Waals surface area contributed by atoms with Gasteiger partial charge in [0.05, 0.1) is 37.1 Å². The van der Waals surface area contributed by atoms with E-state index in [2.05, 4.69) is 15.6 Å². The first-order chi connectivity index (χ1) is 17.8. The van der Waals surface area contributed by atoms with Crippen LogP contribution >= 0.6 is 0 Å². The number of carbonyl (C=O) groups excluding carboxylic acids is 3. The Morgan fingerprint density at radius 2 is 1.43 bits per heavy atom. The predicted molar refractivity (Wildman–Crippen MR) is 137 cm³/mol. The molecule has 0 aliphatic heterocycles. The Bertz CT molecular complexity index is 1290. The van der Waals surface area contributed by atoms with Crippen LogP contribution in [0.3, 0.4) is 0 Å². The number of carbonyl (C=O) groups is 3. The van der Waals surface area contributed by atoms with Gasteiger partial charge < -0.3 is 25.2 Å². The standard InChI is InChI=1S/C28H29N3O6/c1-28(35)16-20(32)24(26(33)30-17-10-4-6-13-21(17)36-2)23(19-12-8-9-15-29-19)25(28)27(34)31-18-11-5-7-14-22(18)37-3/h4-15,23-25,35H,16H2,1-3H3,(H,30,33)(H,31,34). The molecule has 3 aromatic rings. The number of Topliss-reactive ketones (excluding diaryl/α,β-unsaturated/α-hetero) is 1. The third-order valence-corrected chi connectivity index (χ3v) is 6.59. The third-order valence-electron chi connectivity index (χ3n) is 6.59. The summed E-state index contributed by atoms with van der Waals surface area (Å²) in [6.07, 6.45) is 1.14. The van der Waals surface area contributed by atoms with Crippen LogP contribution in [0.25, 0.3) is 0 Å². The van der Waals surface area contributed by atoms with Crippen molar-refractivity contribution in [3.05, 3.63) is 78.6 Å². The molecule has 4 unspecified atom stereocenters. The average molecular weight is 504 g/mol. The number of anilines is 2. The highest BCUT2D eigenvalue weighted by molar-refractivity contribution is 6.11. The van der Waals surface area contributed by atoms with Crippen LogP contribution in [-0.2, 0) is 14.4 Å². The second-order valence-corrected chi connectivity index (χ2v) is 9.12. The second kappa shape index (κ2) is 10.8. The molecule has 4 atom stereocenters. The van der Waals surface area contributed by atoms with E-state index in [0.29, 0.717) is 28.6 Å². The highest BCUT2D eigenvalue weighted by Crippen LogP contribution is 2.46. The van der Waals surface area contributed by atoms with Gasteiger partial charge in [0.25, 0.3) is 0 Å². The lowest BCUT2D eigenvalue weighted by atomic mass is 9.62. The Balaban J connectivity index is 1.76. The number of nitrogens with one attached hydrogen (secondary N) is 2. The molecule has 1 fully saturated rings. The van der Waals surface area contributed by atoms with Gasteiger partial charge in [0, 0.05) is 24.2 Å². The molecule has 2 amide bonds. The molecule has 1 aromatic heterocycles. The molecule has 9 nitrogen and oxygen atoms in total. The number of aliphatic hydroxyl groups is 1. The fraction of sp³-hybridized carbons (Fsp3) is 0.286. The minimum atomic E-state index is -1.74. The number of nitrogens with zero attached hydrogens (tertiary/aromatic N) is 1. The van der Waals surface area contributed by atoms with Gasteiger partial charge in [-0.2, -0.15) is 0 Å². The average Bonchev–Trinajstić information content (AvgIpc) is 2.88. The van der Waals surface area contributed by atoms with Crippen LogP contribution in [0.2, 0.25) is 0 Å². The van der Waals surface area contributed by atoms with E-state index < -0.39 is 41.0 Å². The lowest BCUT2D eigenvalue weighted by molar-refractivity contribution is -0.151. The van der Waals surface area contributed by atoms with Crippen LogP contribution < -0.4 is 20.1 Å². The maximum absolute atomic E-state index is 13.8. The van der Waals surface area contributed by atoms with Crippen molar-refractivity contribution in [2.45, 2.75) is 24.9 Å². The summed E-state index contributed by atoms with van der Waals surface area (Å²) in [5.74, 6) is -4.32. The van der Waals surface area contributed by atoms with Crippen LogP contribution in [0.4, 0.5) is 11.4 Å². The number of amides is 2. The molecule has 37 heavy (non-hydrogen) atoms. The summed E-state index contributed by atoms with van der Waals surface area (Å²) in [5.41, 5.74) is -0.615. The molecule has 3 N–H and O–H groups in total. The number of rotatable bonds is 7. The molecule has 1 saturated carbocycles. The number of ether oxygens (including phenoxy) is 2. The Hall–Kier alpha value is -4.24. The van der Waals surface area contributed by atoms with Gasteiger partial charge in [0.1, 0.15) is 23.2 Å². The fourth-order valence-electron chi connectivity index (χ4n) is 4.94. The smallest absolute Gasteiger partial charge is 0.235 e. The molecule has 1 aliphatic carbocycles. The summed E-state index contributed by atoms with van der Waals surface area (Å²) in [6, 6.07) is 18.7. The first-order valence-corrected chi connectivity index (χ1v) is 11.8. The van der Waals surface area contributed by atoms with Crippen molar-refractivity contribution in [2.24, 2.45) is 11.8 Å². The molecule has 0 radical (unpaired) electrons. The minimum Gasteiger partial charge on any atom is -0.495 e. The number of hydrogen-bond acceptors (Lipinski definition) is 7. The molecular formula is C28H29N3O6. The number of methoxy groups -OCH3 is 2. The predicted octanol–water partition coefficient (Wildman–Crippen LogP) is 3.42. The number of aromatic nitrogens is 1. The number of para-hydroxylation sites is 4. The van der Waals surface area contributed by atoms with Crippen molar-refractivity contribution in [3.63, 3.8) is 0 Å². The third kappa shape index (κ3) is 5.31. The van der Waals surface area contributed by atoms with Gasteiger partial charge in [-0.05, 0) is 43.3 Å². The van der Waals surface area contributed by atoms with Crippen LogP contribution in [0, 0.1) is 11.8 Å². The normalized spacial score (nSPS) is 23.1. The summed E-state index contributed by atoms with van der Waals surface area (Å²) >= 11 is 0. The summed E-state index contributed by atoms with van der Waals surface area (Å²) in [4.78, 5) is 45.1. The zero-order chi connectivity index (χ0) is 26.6. The highest BCUT2D eigenvalue weighted by atomic mass is 16.5. The summed E-state index contributed by atoms with van der Waals surface area (Å²) in [7, 11) is 2.96. The molecule has 0 spiro atoms. The molecule has 9 heteroatoms. The minimum absolute atomic E-state index is 0.344. The molecule has 2 aromatic carbocycles. The van der Waals surface area contributed by atoms with Crippen molar-refractivity contribution in [1.29, 1.82) is 0 Å². The van der Waals surface area contributed by atoms with Gasteiger partial charge in [-0.15, -0.1) is 0 Å². The van der Waals surface area contributed by atoms with Gasteiger partial charge in [-0.3, -0.25) is 19.4 Å². The summed E-state index contributed by atoms with van der Waals surface area (Å²) < 4.78 is 10.7. The zero-order valence-corrected chi connectivity index (χ0v) is 20.8. The summed E-state index contributed by atoms with van der Waals surface area (Å²) in [5, 5.41) is 17.0. The number of ketones is 1. The maximum Gasteiger partial charge on any atom is 0.235 e. The Labute approximate surface area is 214 Å². The molecule has 1 heterocycles. The van der Waals surface area contributed by atoms with E-state index >= 15 is 0 Å². The zero-order valence-electron chi connectivity index (χ0n) is 20.8. The molecule has 0 bridgehead atoms. The summed E-state index contributed by atoms with van der Waals surface area (Å²) in [6.45, 7) is 1.43. The van der Waals surface area contributed by atoms with Crippen molar-refractivity contribution < 1.29 is 29.0 Å². The van der Waals surface area contributed by atoms with E-state index in [4.69, 9.17) is 9.47 Å². The van der Waals surface area contributed by atoms with Gasteiger partial charge in [-0.1, -0.05) is 30.3 Å². The molecular weight excluding hydrogens is 474 g/mol. The Morgan fingerprint density at radius 3 is 1.97 bits per heavy atom. The molecule has 4 rings (SSSR count). The first-order valence-electron chi connectivity index (χ1n) is 11.8. The quantitative estimate of drug-likeness (QED) is 0.422. The van der Waals surface area contributed by atoms with Crippen molar-refractivity contribution in [1.82, 2.24) is 4.98 Å². The SMILES string of the molecule is COc1ccccc1NC(=O)C1C(=O)CC(C)(O)C(C(=O)Nc2ccccc2OC)C1c1ccccn1. The monoisotopic (exact) mass is 503 g/mol. The number of hydrogen-bond donors (Lipinski definition) is 3. The van der Waals surface area contributed by atoms with Crippen LogP contribution in [0.1, 0.15) is 25.0 Å². The topological polar surface area (TPSA) is 127 Å². The lowest BCUT2D eigenvalue weighted by Crippen LogP contribution is -2.56. The Morgan fingerprint density at radius 1 is 0.892 bits per heavy atom. The first kappa shape index (κ1) is 25.8. The highest BCUT2D eigenvalue weighted by Gasteiger charge is 2.56. The van der Waals surface area contributed by atoms with Gasteiger partial charge in [-0.25, -0.2) is 0 Å². The molecule has 0 saturated heterocycles. The fourth-order valence-corrected chi connectivity index (χ4v) is 4.94. The van der Waals surface area contributed by atoms with Crippen LogP contribution in [0.5, 0.6) is 11.5 Å². The molecule has 1 aliphatic rings. The van der Waals surface area contributed by atoms with Gasteiger partial charge >= 0.3 is 0 Å². The van der Waals surface area contributed by atoms with Crippen LogP contribution in [0.15, 0.2) is 72.9 Å². The maximum atomic E-state index is 13.8. The van der Waals surface area contributed by atoms with E-state index in [1.165, 1.54) is 27.3 Å². The van der Waals surface area contributed by atoms with Crippen LogP contribution in [-0.4, -0.2) is 47.5 Å². The van der Waals surface area contributed by atoms with Crippen molar-refractivity contribution in [3.8, 4) is 11.5 Å². The van der Waals surface area contributed by atoms with Gasteiger partial charge in [0.2, 0.25) is 11.8 Å². The van der Waals surface area contributed by atoms with E-state index in [1.807, 2.05) is 0 Å². The second-order valence-electron chi connectivity index (χ2n) is 9.12. The largest absolute Gasteiger partial charge is 0.495 e. The number of pyridine rings is 1. The van der Waals surface area contributed by atoms with E-state index in [9.17, 15) is 19.5 Å².